The molecule has 0 amide bonds. The van der Waals surface area contributed by atoms with E-state index < -0.39 is 9.76 Å². The molecule has 0 bridgehead atoms. The monoisotopic (exact) mass is 175 g/mol. The molecule has 2 nitrogen and oxygen atoms in total. The lowest BCUT2D eigenvalue weighted by atomic mass is 10.5. The Labute approximate surface area is 61.3 Å². The van der Waals surface area contributed by atoms with Gasteiger partial charge in [0.25, 0.3) is 0 Å². The van der Waals surface area contributed by atoms with Crippen molar-refractivity contribution in [2.75, 3.05) is 0 Å². The van der Waals surface area contributed by atoms with Crippen molar-refractivity contribution in [3.05, 3.63) is 6.42 Å². The summed E-state index contributed by atoms with van der Waals surface area (Å²) in [6, 6.07) is 0. The van der Waals surface area contributed by atoms with Gasteiger partial charge in [-0.1, -0.05) is 34.8 Å². The fourth-order valence-corrected chi connectivity index (χ4v) is 0.420. The SMILES string of the molecule is O=C(O)[CH]C(Cl)(Cl)Cl. The Kier molecular flexibility index (Phi) is 2.88. The molecule has 0 rings (SSSR count). The number of aliphatic carboxylic acids is 1. The average Bonchev–Trinajstić information content (AvgIpc) is 1.21. The van der Waals surface area contributed by atoms with E-state index in [0.717, 1.165) is 0 Å². The highest BCUT2D eigenvalue weighted by molar-refractivity contribution is 6.69. The Morgan fingerprint density at radius 1 is 1.50 bits per heavy atom. The second-order valence-corrected chi connectivity index (χ2v) is 3.39. The van der Waals surface area contributed by atoms with E-state index in [-0.39, 0.29) is 0 Å². The van der Waals surface area contributed by atoms with Crippen LogP contribution in [0.25, 0.3) is 0 Å². The normalized spacial score (nSPS) is 11.4. The predicted octanol–water partition coefficient (Wildman–Crippen LogP) is 1.65. The van der Waals surface area contributed by atoms with Gasteiger partial charge in [0.15, 0.2) is 0 Å². The van der Waals surface area contributed by atoms with Crippen LogP contribution in [0.1, 0.15) is 0 Å². The van der Waals surface area contributed by atoms with E-state index in [1.807, 2.05) is 0 Å². The molecule has 0 saturated heterocycles. The zero-order valence-electron chi connectivity index (χ0n) is 3.57. The van der Waals surface area contributed by atoms with Crippen molar-refractivity contribution in [3.8, 4) is 0 Å². The first-order chi connectivity index (χ1) is 3.42. The Hall–Kier alpha value is 0.340. The van der Waals surface area contributed by atoms with Crippen molar-refractivity contribution in [2.45, 2.75) is 3.79 Å². The predicted molar refractivity (Wildman–Crippen MR) is 32.2 cm³/mol. The number of halogens is 3. The fraction of sp³-hybridized carbons (Fsp3) is 0.333. The van der Waals surface area contributed by atoms with Gasteiger partial charge in [-0.05, 0) is 0 Å². The molecule has 1 N–H and O–H groups in total. The highest BCUT2D eigenvalue weighted by Gasteiger charge is 2.23. The summed E-state index contributed by atoms with van der Waals surface area (Å²) in [6.45, 7) is 0. The quantitative estimate of drug-likeness (QED) is 0.617. The number of hydrogen-bond acceptors (Lipinski definition) is 1. The lowest BCUT2D eigenvalue weighted by Gasteiger charge is -2.03. The molecule has 0 atom stereocenters. The standard InChI is InChI=1S/C3H2Cl3O2/c4-3(5,6)1-2(7)8/h1H,(H,7,8). The molecule has 5 heteroatoms. The maximum Gasteiger partial charge on any atom is 0.311 e. The Morgan fingerprint density at radius 2 is 1.88 bits per heavy atom. The van der Waals surface area contributed by atoms with Crippen molar-refractivity contribution >= 4 is 40.8 Å². The van der Waals surface area contributed by atoms with Crippen LogP contribution in [0.3, 0.4) is 0 Å². The van der Waals surface area contributed by atoms with Gasteiger partial charge >= 0.3 is 5.97 Å². The number of carboxylic acids is 1. The van der Waals surface area contributed by atoms with Gasteiger partial charge in [0.2, 0.25) is 3.79 Å². The van der Waals surface area contributed by atoms with Crippen LogP contribution in [0.4, 0.5) is 0 Å². The van der Waals surface area contributed by atoms with Gasteiger partial charge < -0.3 is 5.11 Å². The largest absolute Gasteiger partial charge is 0.481 e. The lowest BCUT2D eigenvalue weighted by molar-refractivity contribution is -0.133. The molecule has 0 heterocycles. The lowest BCUT2D eigenvalue weighted by Crippen LogP contribution is -2.10. The van der Waals surface area contributed by atoms with E-state index in [2.05, 4.69) is 0 Å². The summed E-state index contributed by atoms with van der Waals surface area (Å²) in [6.07, 6.45) is 0.567. The molecule has 0 unspecified atom stereocenters. The summed E-state index contributed by atoms with van der Waals surface area (Å²) in [4.78, 5) is 9.71. The minimum absolute atomic E-state index is 0.567. The molecule has 8 heavy (non-hydrogen) atoms. The van der Waals surface area contributed by atoms with E-state index >= 15 is 0 Å². The first kappa shape index (κ1) is 8.34. The first-order valence-corrected chi connectivity index (χ1v) is 2.71. The van der Waals surface area contributed by atoms with Crippen LogP contribution < -0.4 is 0 Å². The third kappa shape index (κ3) is 6.34. The van der Waals surface area contributed by atoms with Crippen LogP contribution in [-0.2, 0) is 4.79 Å². The molecule has 0 spiro atoms. The van der Waals surface area contributed by atoms with Gasteiger partial charge in [0.1, 0.15) is 6.42 Å². The van der Waals surface area contributed by atoms with Crippen LogP contribution in [0.15, 0.2) is 0 Å². The second-order valence-electron chi connectivity index (χ2n) is 1.02. The fourth-order valence-electron chi connectivity index (χ4n) is 0.140. The van der Waals surface area contributed by atoms with Crippen molar-refractivity contribution in [1.82, 2.24) is 0 Å². The van der Waals surface area contributed by atoms with Crippen LogP contribution in [-0.4, -0.2) is 14.9 Å². The summed E-state index contributed by atoms with van der Waals surface area (Å²) in [5.41, 5.74) is 0. The van der Waals surface area contributed by atoms with Crippen molar-refractivity contribution in [2.24, 2.45) is 0 Å². The van der Waals surface area contributed by atoms with Gasteiger partial charge in [-0.25, -0.2) is 0 Å². The van der Waals surface area contributed by atoms with E-state index in [1.54, 1.807) is 0 Å². The first-order valence-electron chi connectivity index (χ1n) is 1.57. The smallest absolute Gasteiger partial charge is 0.311 e. The van der Waals surface area contributed by atoms with E-state index in [1.165, 1.54) is 0 Å². The number of alkyl halides is 3. The van der Waals surface area contributed by atoms with Crippen molar-refractivity contribution < 1.29 is 9.90 Å². The molecule has 0 fully saturated rings. The Bertz CT molecular complexity index is 95.2. The highest BCUT2D eigenvalue weighted by atomic mass is 35.6. The zero-order chi connectivity index (χ0) is 6.78. The number of carboxylic acid groups (broad SMARTS) is 1. The molecule has 0 aromatic rings. The minimum Gasteiger partial charge on any atom is -0.481 e. The highest BCUT2D eigenvalue weighted by Crippen LogP contribution is 2.28. The van der Waals surface area contributed by atoms with Gasteiger partial charge in [-0.3, -0.25) is 4.79 Å². The van der Waals surface area contributed by atoms with Gasteiger partial charge in [-0.15, -0.1) is 0 Å². The Morgan fingerprint density at radius 3 is 1.88 bits per heavy atom. The van der Waals surface area contributed by atoms with Gasteiger partial charge in [0.05, 0.1) is 0 Å². The molecule has 0 saturated carbocycles. The third-order valence-electron chi connectivity index (χ3n) is 0.287. The second kappa shape index (κ2) is 2.76. The summed E-state index contributed by atoms with van der Waals surface area (Å²) in [7, 11) is 0. The van der Waals surface area contributed by atoms with Crippen LogP contribution >= 0.6 is 34.8 Å². The summed E-state index contributed by atoms with van der Waals surface area (Å²) in [5.74, 6) is -1.25. The molecule has 0 aliphatic rings. The maximum absolute atomic E-state index is 9.71. The molecule has 0 aliphatic carbocycles. The Balaban J connectivity index is 3.55. The van der Waals surface area contributed by atoms with E-state index in [9.17, 15) is 4.79 Å². The molecule has 1 radical (unpaired) electrons. The molecule has 47 valence electrons. The van der Waals surface area contributed by atoms with Crippen molar-refractivity contribution in [1.29, 1.82) is 0 Å². The summed E-state index contributed by atoms with van der Waals surface area (Å²) in [5, 5.41) is 7.94. The van der Waals surface area contributed by atoms with E-state index in [0.29, 0.717) is 6.42 Å². The number of hydrogen-bond donors (Lipinski definition) is 1. The third-order valence-corrected chi connectivity index (χ3v) is 0.614. The number of rotatable bonds is 1. The average molecular weight is 176 g/mol. The minimum atomic E-state index is -1.79. The molecule has 0 aromatic carbocycles. The molecular weight excluding hydrogens is 174 g/mol. The zero-order valence-corrected chi connectivity index (χ0v) is 5.83. The van der Waals surface area contributed by atoms with Crippen molar-refractivity contribution in [3.63, 3.8) is 0 Å². The summed E-state index contributed by atoms with van der Waals surface area (Å²) >= 11 is 15.1. The number of carbonyl (C=O) groups is 1. The van der Waals surface area contributed by atoms with Gasteiger partial charge in [0, 0.05) is 0 Å². The molecular formula is C3H2Cl3O2. The van der Waals surface area contributed by atoms with Crippen LogP contribution in [0, 0.1) is 6.42 Å². The topological polar surface area (TPSA) is 37.3 Å². The van der Waals surface area contributed by atoms with Crippen LogP contribution in [0.5, 0.6) is 0 Å². The molecule has 0 aliphatic heterocycles. The molecule has 0 aromatic heterocycles. The van der Waals surface area contributed by atoms with E-state index in [4.69, 9.17) is 39.9 Å². The van der Waals surface area contributed by atoms with Crippen LogP contribution in [0.2, 0.25) is 0 Å². The maximum atomic E-state index is 9.71. The van der Waals surface area contributed by atoms with Gasteiger partial charge in [-0.2, -0.15) is 0 Å². The summed E-state index contributed by atoms with van der Waals surface area (Å²) < 4.78 is -1.79.